The lowest BCUT2D eigenvalue weighted by Crippen LogP contribution is -2.17. The molecule has 1 nitrogen and oxygen atoms in total. The quantitative estimate of drug-likeness (QED) is 0.772. The van der Waals surface area contributed by atoms with Crippen LogP contribution in [0.5, 0.6) is 0 Å². The first kappa shape index (κ1) is 14.2. The first-order valence-electron chi connectivity index (χ1n) is 5.41. The van der Waals surface area contributed by atoms with E-state index in [4.69, 9.17) is 0 Å². The lowest BCUT2D eigenvalue weighted by molar-refractivity contribution is 0.608. The summed E-state index contributed by atoms with van der Waals surface area (Å²) < 4.78 is 15.8. The fraction of sp³-hybridized carbons (Fsp3) is 0.231. The molecule has 0 fully saturated rings. The number of aryl methyl sites for hydroxylation is 1. The summed E-state index contributed by atoms with van der Waals surface area (Å²) in [7, 11) is 1.88. The van der Waals surface area contributed by atoms with Crippen LogP contribution in [0, 0.1) is 12.7 Å². The predicted octanol–water partition coefficient (Wildman–Crippen LogP) is 5.03. The van der Waals surface area contributed by atoms with Crippen LogP contribution in [0.15, 0.2) is 31.8 Å². The van der Waals surface area contributed by atoms with Gasteiger partial charge < -0.3 is 5.32 Å². The van der Waals surface area contributed by atoms with E-state index in [0.29, 0.717) is 5.56 Å². The summed E-state index contributed by atoms with van der Waals surface area (Å²) in [5.41, 5.74) is 2.70. The fourth-order valence-corrected chi connectivity index (χ4v) is 4.74. The standard InChI is InChI=1S/C13H12Br2FNS/c1-7-3-4-8(5-10(7)16)12(17-2)9-6-11(14)18-13(9)15/h3-6,12,17H,1-2H3. The highest BCUT2D eigenvalue weighted by Gasteiger charge is 2.18. The molecule has 96 valence electrons. The monoisotopic (exact) mass is 391 g/mol. The Kier molecular flexibility index (Phi) is 4.59. The molecule has 0 radical (unpaired) electrons. The van der Waals surface area contributed by atoms with Crippen LogP contribution in [0.25, 0.3) is 0 Å². The van der Waals surface area contributed by atoms with Crippen molar-refractivity contribution < 1.29 is 4.39 Å². The molecular weight excluding hydrogens is 381 g/mol. The zero-order valence-corrected chi connectivity index (χ0v) is 13.9. The van der Waals surface area contributed by atoms with Crippen LogP contribution >= 0.6 is 43.2 Å². The summed E-state index contributed by atoms with van der Waals surface area (Å²) in [5.74, 6) is -0.168. The van der Waals surface area contributed by atoms with E-state index in [-0.39, 0.29) is 11.9 Å². The Morgan fingerprint density at radius 3 is 2.50 bits per heavy atom. The third-order valence-corrected chi connectivity index (χ3v) is 5.20. The van der Waals surface area contributed by atoms with Gasteiger partial charge in [-0.25, -0.2) is 4.39 Å². The largest absolute Gasteiger partial charge is 0.309 e. The molecule has 2 rings (SSSR count). The van der Waals surface area contributed by atoms with Crippen molar-refractivity contribution in [2.75, 3.05) is 7.05 Å². The molecule has 1 unspecified atom stereocenters. The van der Waals surface area contributed by atoms with Gasteiger partial charge in [-0.2, -0.15) is 0 Å². The number of hydrogen-bond donors (Lipinski definition) is 1. The van der Waals surface area contributed by atoms with Crippen molar-refractivity contribution in [2.24, 2.45) is 0 Å². The molecule has 1 atom stereocenters. The zero-order chi connectivity index (χ0) is 13.3. The first-order valence-corrected chi connectivity index (χ1v) is 7.81. The Hall–Kier alpha value is -0.230. The van der Waals surface area contributed by atoms with Gasteiger partial charge in [-0.05, 0) is 74.7 Å². The van der Waals surface area contributed by atoms with Gasteiger partial charge in [0.2, 0.25) is 0 Å². The molecule has 0 spiro atoms. The molecule has 18 heavy (non-hydrogen) atoms. The molecule has 0 aliphatic rings. The summed E-state index contributed by atoms with van der Waals surface area (Å²) in [6, 6.07) is 7.39. The summed E-state index contributed by atoms with van der Waals surface area (Å²) in [5, 5.41) is 3.22. The molecular formula is C13H12Br2FNS. The Morgan fingerprint density at radius 2 is 2.00 bits per heavy atom. The maximum atomic E-state index is 13.7. The van der Waals surface area contributed by atoms with E-state index in [1.807, 2.05) is 25.2 Å². The van der Waals surface area contributed by atoms with E-state index in [2.05, 4.69) is 37.2 Å². The minimum Gasteiger partial charge on any atom is -0.309 e. The summed E-state index contributed by atoms with van der Waals surface area (Å²) in [6.45, 7) is 1.77. The lowest BCUT2D eigenvalue weighted by Gasteiger charge is -2.17. The second kappa shape index (κ2) is 5.82. The van der Waals surface area contributed by atoms with E-state index in [1.54, 1.807) is 24.3 Å². The van der Waals surface area contributed by atoms with Gasteiger partial charge in [0.05, 0.1) is 13.6 Å². The SMILES string of the molecule is CNC(c1ccc(C)c(F)c1)c1cc(Br)sc1Br. The number of thiophene rings is 1. The Balaban J connectivity index is 2.45. The minimum absolute atomic E-state index is 0.0166. The molecule has 0 saturated carbocycles. The van der Waals surface area contributed by atoms with Crippen molar-refractivity contribution in [1.82, 2.24) is 5.32 Å². The van der Waals surface area contributed by atoms with Crippen LogP contribution in [0.1, 0.15) is 22.7 Å². The molecule has 1 heterocycles. The highest BCUT2D eigenvalue weighted by atomic mass is 79.9. The molecule has 1 N–H and O–H groups in total. The van der Waals surface area contributed by atoms with Gasteiger partial charge in [-0.15, -0.1) is 11.3 Å². The zero-order valence-electron chi connectivity index (χ0n) is 9.93. The van der Waals surface area contributed by atoms with Crippen LogP contribution in [0.2, 0.25) is 0 Å². The summed E-state index contributed by atoms with van der Waals surface area (Å²) >= 11 is 8.62. The Morgan fingerprint density at radius 1 is 1.28 bits per heavy atom. The molecule has 0 aliphatic carbocycles. The van der Waals surface area contributed by atoms with Gasteiger partial charge in [0, 0.05) is 0 Å². The molecule has 1 aromatic heterocycles. The van der Waals surface area contributed by atoms with E-state index in [9.17, 15) is 4.39 Å². The Bertz CT molecular complexity index is 568. The summed E-state index contributed by atoms with van der Waals surface area (Å²) in [4.78, 5) is 0. The maximum Gasteiger partial charge on any atom is 0.126 e. The topological polar surface area (TPSA) is 12.0 Å². The van der Waals surface area contributed by atoms with E-state index in [0.717, 1.165) is 18.7 Å². The van der Waals surface area contributed by atoms with Crippen LogP contribution in [-0.4, -0.2) is 7.05 Å². The van der Waals surface area contributed by atoms with Crippen molar-refractivity contribution in [2.45, 2.75) is 13.0 Å². The number of nitrogens with one attached hydrogen (secondary N) is 1. The molecule has 0 bridgehead atoms. The van der Waals surface area contributed by atoms with Crippen molar-refractivity contribution in [3.63, 3.8) is 0 Å². The average Bonchev–Trinajstić information content (AvgIpc) is 2.64. The number of halogens is 3. The predicted molar refractivity (Wildman–Crippen MR) is 81.8 cm³/mol. The molecule has 0 saturated heterocycles. The van der Waals surface area contributed by atoms with Crippen molar-refractivity contribution in [3.05, 3.63) is 54.3 Å². The van der Waals surface area contributed by atoms with Crippen molar-refractivity contribution >= 4 is 43.2 Å². The van der Waals surface area contributed by atoms with Gasteiger partial charge in [0.15, 0.2) is 0 Å². The minimum atomic E-state index is -0.168. The smallest absolute Gasteiger partial charge is 0.126 e. The fourth-order valence-electron chi connectivity index (χ4n) is 1.84. The number of rotatable bonds is 3. The van der Waals surface area contributed by atoms with E-state index >= 15 is 0 Å². The van der Waals surface area contributed by atoms with Crippen LogP contribution < -0.4 is 5.32 Å². The normalized spacial score (nSPS) is 12.7. The van der Waals surface area contributed by atoms with Gasteiger partial charge in [-0.3, -0.25) is 0 Å². The molecule has 0 aliphatic heterocycles. The third kappa shape index (κ3) is 2.85. The molecule has 0 amide bonds. The molecule has 1 aromatic carbocycles. The second-order valence-corrected chi connectivity index (χ2v) is 7.76. The summed E-state index contributed by atoms with van der Waals surface area (Å²) in [6.07, 6.45) is 0. The first-order chi connectivity index (χ1) is 8.52. The van der Waals surface area contributed by atoms with Crippen LogP contribution in [0.3, 0.4) is 0 Å². The van der Waals surface area contributed by atoms with Gasteiger partial charge in [0.1, 0.15) is 5.82 Å². The van der Waals surface area contributed by atoms with E-state index in [1.165, 1.54) is 0 Å². The van der Waals surface area contributed by atoms with Gasteiger partial charge in [0.25, 0.3) is 0 Å². The van der Waals surface area contributed by atoms with E-state index < -0.39 is 0 Å². The van der Waals surface area contributed by atoms with Crippen molar-refractivity contribution in [3.8, 4) is 0 Å². The number of benzene rings is 1. The maximum absolute atomic E-state index is 13.7. The molecule has 5 heteroatoms. The van der Waals surface area contributed by atoms with Crippen LogP contribution in [0.4, 0.5) is 4.39 Å². The van der Waals surface area contributed by atoms with Crippen LogP contribution in [-0.2, 0) is 0 Å². The molecule has 2 aromatic rings. The number of hydrogen-bond acceptors (Lipinski definition) is 2. The highest BCUT2D eigenvalue weighted by molar-refractivity contribution is 9.12. The average molecular weight is 393 g/mol. The van der Waals surface area contributed by atoms with Crippen molar-refractivity contribution in [1.29, 1.82) is 0 Å². The van der Waals surface area contributed by atoms with Gasteiger partial charge >= 0.3 is 0 Å². The lowest BCUT2D eigenvalue weighted by atomic mass is 10.00. The second-order valence-electron chi connectivity index (χ2n) is 4.01. The Labute approximate surface area is 127 Å². The third-order valence-electron chi connectivity index (χ3n) is 2.81. The highest BCUT2D eigenvalue weighted by Crippen LogP contribution is 2.37. The van der Waals surface area contributed by atoms with Gasteiger partial charge in [-0.1, -0.05) is 12.1 Å².